The van der Waals surface area contributed by atoms with E-state index in [-0.39, 0.29) is 4.45 Å². The maximum Gasteiger partial charge on any atom is 0.117 e. The first-order chi connectivity index (χ1) is 5.81. The van der Waals surface area contributed by atoms with Crippen molar-refractivity contribution in [2.45, 2.75) is 17.3 Å². The van der Waals surface area contributed by atoms with Crippen LogP contribution in [0.5, 0.6) is 0 Å². The molecular weight excluding hydrogens is 214 g/mol. The van der Waals surface area contributed by atoms with Crippen LogP contribution in [0, 0.1) is 0 Å². The third-order valence-electron chi connectivity index (χ3n) is 2.30. The average Bonchev–Trinajstić information content (AvgIpc) is 2.58. The van der Waals surface area contributed by atoms with Gasteiger partial charge in [-0.05, 0) is 18.7 Å². The highest BCUT2D eigenvalue weighted by molar-refractivity contribution is 9.10. The van der Waals surface area contributed by atoms with E-state index in [0.29, 0.717) is 0 Å². The maximum absolute atomic E-state index is 3.76. The van der Waals surface area contributed by atoms with Crippen LogP contribution in [0.1, 0.15) is 12.8 Å². The van der Waals surface area contributed by atoms with Gasteiger partial charge < -0.3 is 4.90 Å². The van der Waals surface area contributed by atoms with Crippen molar-refractivity contribution >= 4 is 15.9 Å². The number of rotatable bonds is 1. The number of allylic oxidation sites excluding steroid dienone is 2. The van der Waals surface area contributed by atoms with Crippen molar-refractivity contribution in [3.8, 4) is 0 Å². The molecule has 64 valence electrons. The summed E-state index contributed by atoms with van der Waals surface area (Å²) in [4.78, 5) is 2.34. The number of alkyl halides is 1. The molecule has 1 nitrogen and oxygen atoms in total. The van der Waals surface area contributed by atoms with Gasteiger partial charge in [-0.1, -0.05) is 40.2 Å². The van der Waals surface area contributed by atoms with Gasteiger partial charge in [-0.3, -0.25) is 0 Å². The molecule has 0 saturated heterocycles. The molecule has 0 bridgehead atoms. The highest BCUT2D eigenvalue weighted by atomic mass is 79.9. The molecule has 0 N–H and O–H groups in total. The Labute approximate surface area is 81.6 Å². The smallest absolute Gasteiger partial charge is 0.117 e. The van der Waals surface area contributed by atoms with E-state index in [1.54, 1.807) is 0 Å². The minimum absolute atomic E-state index is 0.0503. The van der Waals surface area contributed by atoms with E-state index in [0.717, 1.165) is 13.0 Å². The molecule has 0 radical (unpaired) electrons. The lowest BCUT2D eigenvalue weighted by atomic mass is 10.1. The Kier molecular flexibility index (Phi) is 2.09. The van der Waals surface area contributed by atoms with Crippen LogP contribution in [-0.2, 0) is 0 Å². The van der Waals surface area contributed by atoms with Crippen LogP contribution in [0.4, 0.5) is 0 Å². The first-order valence-electron chi connectivity index (χ1n) is 4.28. The zero-order valence-corrected chi connectivity index (χ0v) is 8.50. The van der Waals surface area contributed by atoms with Gasteiger partial charge in [-0.25, -0.2) is 0 Å². The van der Waals surface area contributed by atoms with Crippen molar-refractivity contribution in [2.75, 3.05) is 6.54 Å². The Hall–Kier alpha value is -0.500. The Bertz CT molecular complexity index is 255. The predicted octanol–water partition coefficient (Wildman–Crippen LogP) is 2.81. The summed E-state index contributed by atoms with van der Waals surface area (Å²) in [6.45, 7) is 1.13. The lowest BCUT2D eigenvalue weighted by Crippen LogP contribution is -2.37. The van der Waals surface area contributed by atoms with E-state index >= 15 is 0 Å². The summed E-state index contributed by atoms with van der Waals surface area (Å²) in [6.07, 6.45) is 15.2. The summed E-state index contributed by atoms with van der Waals surface area (Å²) in [7, 11) is 0. The minimum atomic E-state index is 0.0503. The summed E-state index contributed by atoms with van der Waals surface area (Å²) in [5, 5.41) is 0. The third kappa shape index (κ3) is 1.36. The predicted molar refractivity (Wildman–Crippen MR) is 55.0 cm³/mol. The van der Waals surface area contributed by atoms with E-state index in [9.17, 15) is 0 Å². The largest absolute Gasteiger partial charge is 0.359 e. The topological polar surface area (TPSA) is 3.24 Å². The standard InChI is InChI=1S/C10H12BrN/c11-10(6-2-1-3-7-10)12-8-4-5-9-12/h1-4,6,8H,5,7,9H2. The SMILES string of the molecule is BrC1(N2C=CCC2)C=CC=CC1. The van der Waals surface area contributed by atoms with E-state index in [4.69, 9.17) is 0 Å². The highest BCUT2D eigenvalue weighted by Gasteiger charge is 2.29. The summed E-state index contributed by atoms with van der Waals surface area (Å²) in [5.41, 5.74) is 0. The molecule has 0 aromatic rings. The van der Waals surface area contributed by atoms with Gasteiger partial charge in [0, 0.05) is 13.0 Å². The van der Waals surface area contributed by atoms with E-state index in [1.165, 1.54) is 6.42 Å². The van der Waals surface area contributed by atoms with Crippen LogP contribution in [0.3, 0.4) is 0 Å². The molecule has 0 aromatic heterocycles. The minimum Gasteiger partial charge on any atom is -0.359 e. The van der Waals surface area contributed by atoms with Gasteiger partial charge in [-0.2, -0.15) is 0 Å². The molecule has 12 heavy (non-hydrogen) atoms. The van der Waals surface area contributed by atoms with Crippen molar-refractivity contribution in [1.29, 1.82) is 0 Å². The molecule has 0 amide bonds. The number of hydrogen-bond acceptors (Lipinski definition) is 1. The van der Waals surface area contributed by atoms with Crippen molar-refractivity contribution in [3.05, 3.63) is 36.6 Å². The molecule has 2 rings (SSSR count). The normalized spacial score (nSPS) is 33.2. The molecular formula is C10H12BrN. The van der Waals surface area contributed by atoms with Gasteiger partial charge in [0.25, 0.3) is 0 Å². The molecule has 0 saturated carbocycles. The summed E-state index contributed by atoms with van der Waals surface area (Å²) in [5.74, 6) is 0. The van der Waals surface area contributed by atoms with Gasteiger partial charge in [-0.15, -0.1) is 0 Å². The second-order valence-electron chi connectivity index (χ2n) is 3.18. The Morgan fingerprint density at radius 1 is 1.25 bits per heavy atom. The van der Waals surface area contributed by atoms with Gasteiger partial charge in [0.15, 0.2) is 0 Å². The first kappa shape index (κ1) is 8.11. The monoisotopic (exact) mass is 225 g/mol. The quantitative estimate of drug-likeness (QED) is 0.491. The average molecular weight is 226 g/mol. The van der Waals surface area contributed by atoms with E-state index in [2.05, 4.69) is 57.4 Å². The van der Waals surface area contributed by atoms with Gasteiger partial charge in [0.2, 0.25) is 0 Å². The fraction of sp³-hybridized carbons (Fsp3) is 0.400. The zero-order valence-electron chi connectivity index (χ0n) is 6.91. The fourth-order valence-corrected chi connectivity index (χ4v) is 2.23. The molecule has 0 spiro atoms. The van der Waals surface area contributed by atoms with E-state index < -0.39 is 0 Å². The molecule has 0 aromatic carbocycles. The number of nitrogens with zero attached hydrogens (tertiary/aromatic N) is 1. The first-order valence-corrected chi connectivity index (χ1v) is 5.07. The molecule has 1 atom stereocenters. The van der Waals surface area contributed by atoms with Gasteiger partial charge >= 0.3 is 0 Å². The Morgan fingerprint density at radius 2 is 2.17 bits per heavy atom. The van der Waals surface area contributed by atoms with Crippen LogP contribution in [-0.4, -0.2) is 15.9 Å². The second-order valence-corrected chi connectivity index (χ2v) is 4.55. The van der Waals surface area contributed by atoms with Crippen molar-refractivity contribution in [3.63, 3.8) is 0 Å². The molecule has 1 heterocycles. The van der Waals surface area contributed by atoms with Gasteiger partial charge in [0.05, 0.1) is 0 Å². The zero-order chi connectivity index (χ0) is 8.44. The van der Waals surface area contributed by atoms with Crippen LogP contribution in [0.15, 0.2) is 36.6 Å². The summed E-state index contributed by atoms with van der Waals surface area (Å²) >= 11 is 3.76. The lowest BCUT2D eigenvalue weighted by molar-refractivity contribution is 0.318. The molecule has 2 heteroatoms. The molecule has 1 aliphatic carbocycles. The summed E-state index contributed by atoms with van der Waals surface area (Å²) in [6, 6.07) is 0. The number of halogens is 1. The van der Waals surface area contributed by atoms with Crippen molar-refractivity contribution in [1.82, 2.24) is 4.90 Å². The second kappa shape index (κ2) is 3.09. The molecule has 2 aliphatic rings. The fourth-order valence-electron chi connectivity index (χ4n) is 1.60. The Balaban J connectivity index is 2.15. The summed E-state index contributed by atoms with van der Waals surface area (Å²) < 4.78 is 0.0503. The Morgan fingerprint density at radius 3 is 2.75 bits per heavy atom. The van der Waals surface area contributed by atoms with Crippen LogP contribution in [0.25, 0.3) is 0 Å². The maximum atomic E-state index is 3.76. The van der Waals surface area contributed by atoms with Crippen LogP contribution >= 0.6 is 15.9 Å². The van der Waals surface area contributed by atoms with E-state index in [1.807, 2.05) is 0 Å². The van der Waals surface area contributed by atoms with Gasteiger partial charge in [0.1, 0.15) is 4.45 Å². The highest BCUT2D eigenvalue weighted by Crippen LogP contribution is 2.33. The molecule has 0 fully saturated rings. The lowest BCUT2D eigenvalue weighted by Gasteiger charge is -2.35. The van der Waals surface area contributed by atoms with Crippen molar-refractivity contribution in [2.24, 2.45) is 0 Å². The van der Waals surface area contributed by atoms with Crippen LogP contribution < -0.4 is 0 Å². The third-order valence-corrected chi connectivity index (χ3v) is 3.35. The van der Waals surface area contributed by atoms with Crippen LogP contribution in [0.2, 0.25) is 0 Å². The molecule has 1 unspecified atom stereocenters. The number of hydrogen-bond donors (Lipinski definition) is 0. The molecule has 1 aliphatic heterocycles. The van der Waals surface area contributed by atoms with Crippen molar-refractivity contribution < 1.29 is 0 Å².